The molecule has 0 amide bonds. The second-order valence-corrected chi connectivity index (χ2v) is 7.34. The van der Waals surface area contributed by atoms with E-state index in [1.165, 1.54) is 65.1 Å². The van der Waals surface area contributed by atoms with Crippen LogP contribution in [0.5, 0.6) is 0 Å². The van der Waals surface area contributed by atoms with E-state index in [1.807, 2.05) is 0 Å². The number of hydrogen-bond donors (Lipinski definition) is 1. The highest BCUT2D eigenvalue weighted by Gasteiger charge is 2.23. The Bertz CT molecular complexity index is 438. The van der Waals surface area contributed by atoms with Crippen molar-refractivity contribution in [1.29, 1.82) is 0 Å². The molecular formula is C17H32N6. The van der Waals surface area contributed by atoms with Crippen LogP contribution in [-0.2, 0) is 0 Å². The van der Waals surface area contributed by atoms with Crippen molar-refractivity contribution in [1.82, 2.24) is 29.9 Å². The number of nitrogens with zero attached hydrogens (tertiary/aromatic N) is 5. The molecule has 2 fully saturated rings. The lowest BCUT2D eigenvalue weighted by Crippen LogP contribution is -2.49. The fourth-order valence-corrected chi connectivity index (χ4v) is 3.91. The van der Waals surface area contributed by atoms with Gasteiger partial charge in [0.1, 0.15) is 12.2 Å². The molecule has 3 rings (SSSR count). The molecule has 2 aliphatic heterocycles. The summed E-state index contributed by atoms with van der Waals surface area (Å²) in [6.07, 6.45) is 5.43. The summed E-state index contributed by atoms with van der Waals surface area (Å²) in [5.74, 6) is 1.61. The first-order chi connectivity index (χ1) is 11.2. The minimum atomic E-state index is 0.542. The fraction of sp³-hybridized carbons (Fsp3) is 0.882. The first-order valence-corrected chi connectivity index (χ1v) is 9.26. The molecule has 0 spiro atoms. The van der Waals surface area contributed by atoms with Gasteiger partial charge in [-0.25, -0.2) is 4.98 Å². The molecule has 1 aromatic rings. The Morgan fingerprint density at radius 1 is 1.13 bits per heavy atom. The third-order valence-corrected chi connectivity index (χ3v) is 5.41. The van der Waals surface area contributed by atoms with Gasteiger partial charge in [0.05, 0.1) is 0 Å². The first-order valence-electron chi connectivity index (χ1n) is 9.26. The van der Waals surface area contributed by atoms with Gasteiger partial charge in [-0.15, -0.1) is 0 Å². The van der Waals surface area contributed by atoms with Gasteiger partial charge in [-0.1, -0.05) is 0 Å². The molecule has 1 aromatic heterocycles. The van der Waals surface area contributed by atoms with Gasteiger partial charge in [0.15, 0.2) is 0 Å². The Kier molecular flexibility index (Phi) is 6.02. The molecule has 2 saturated heterocycles. The quantitative estimate of drug-likeness (QED) is 0.859. The molecule has 0 aromatic carbocycles. The number of hydrogen-bond acceptors (Lipinski definition) is 5. The smallest absolute Gasteiger partial charge is 0.137 e. The van der Waals surface area contributed by atoms with Crippen LogP contribution >= 0.6 is 0 Å². The van der Waals surface area contributed by atoms with Gasteiger partial charge < -0.3 is 9.80 Å². The second-order valence-electron chi connectivity index (χ2n) is 7.34. The lowest BCUT2D eigenvalue weighted by molar-refractivity contribution is 0.103. The Hall–Kier alpha value is -0.980. The SMILES string of the molecule is CC(C)N1CCN(CCCN2CCCC(c3ncn[nH]3)C2)CC1. The third-order valence-electron chi connectivity index (χ3n) is 5.41. The van der Waals surface area contributed by atoms with E-state index >= 15 is 0 Å². The molecule has 0 bridgehead atoms. The van der Waals surface area contributed by atoms with Crippen molar-refractivity contribution >= 4 is 0 Å². The Labute approximate surface area is 140 Å². The fourth-order valence-electron chi connectivity index (χ4n) is 3.91. The molecule has 0 saturated carbocycles. The Morgan fingerprint density at radius 3 is 2.61 bits per heavy atom. The van der Waals surface area contributed by atoms with E-state index in [1.54, 1.807) is 6.33 Å². The van der Waals surface area contributed by atoms with Crippen LogP contribution in [0.1, 0.15) is 44.9 Å². The predicted octanol–water partition coefficient (Wildman–Crippen LogP) is 1.40. The van der Waals surface area contributed by atoms with Crippen LogP contribution in [0.25, 0.3) is 0 Å². The van der Waals surface area contributed by atoms with Gasteiger partial charge >= 0.3 is 0 Å². The van der Waals surface area contributed by atoms with Crippen molar-refractivity contribution in [3.05, 3.63) is 12.2 Å². The summed E-state index contributed by atoms with van der Waals surface area (Å²) in [4.78, 5) is 12.2. The average Bonchev–Trinajstić information content (AvgIpc) is 3.10. The number of H-pyrrole nitrogens is 1. The Balaban J connectivity index is 1.34. The molecule has 3 heterocycles. The summed E-state index contributed by atoms with van der Waals surface area (Å²) in [6.45, 7) is 14.4. The summed E-state index contributed by atoms with van der Waals surface area (Å²) in [5, 5.41) is 7.05. The maximum absolute atomic E-state index is 4.34. The van der Waals surface area contributed by atoms with Crippen LogP contribution in [0.4, 0.5) is 0 Å². The van der Waals surface area contributed by atoms with Crippen molar-refractivity contribution in [3.8, 4) is 0 Å². The van der Waals surface area contributed by atoms with Gasteiger partial charge in [0.25, 0.3) is 0 Å². The van der Waals surface area contributed by atoms with Crippen LogP contribution in [0, 0.1) is 0 Å². The summed E-state index contributed by atoms with van der Waals surface area (Å²) in [7, 11) is 0. The zero-order chi connectivity index (χ0) is 16.1. The third kappa shape index (κ3) is 4.75. The zero-order valence-corrected chi connectivity index (χ0v) is 14.7. The molecule has 1 atom stereocenters. The number of piperidine rings is 1. The van der Waals surface area contributed by atoms with E-state index in [-0.39, 0.29) is 0 Å². The molecular weight excluding hydrogens is 288 g/mol. The predicted molar refractivity (Wildman–Crippen MR) is 92.6 cm³/mol. The van der Waals surface area contributed by atoms with Gasteiger partial charge in [-0.05, 0) is 52.7 Å². The highest BCUT2D eigenvalue weighted by atomic mass is 15.3. The van der Waals surface area contributed by atoms with Gasteiger partial charge in [-0.2, -0.15) is 5.10 Å². The molecule has 1 N–H and O–H groups in total. The first kappa shape index (κ1) is 16.9. The maximum atomic E-state index is 4.34. The van der Waals surface area contributed by atoms with Crippen LogP contribution in [0.3, 0.4) is 0 Å². The molecule has 23 heavy (non-hydrogen) atoms. The Morgan fingerprint density at radius 2 is 1.91 bits per heavy atom. The minimum Gasteiger partial charge on any atom is -0.303 e. The molecule has 130 valence electrons. The van der Waals surface area contributed by atoms with E-state index < -0.39 is 0 Å². The minimum absolute atomic E-state index is 0.542. The highest BCUT2D eigenvalue weighted by molar-refractivity contribution is 4.96. The average molecular weight is 320 g/mol. The number of piperazine rings is 1. The molecule has 6 nitrogen and oxygen atoms in total. The highest BCUT2D eigenvalue weighted by Crippen LogP contribution is 2.23. The molecule has 2 aliphatic rings. The van der Waals surface area contributed by atoms with Crippen molar-refractivity contribution in [2.45, 2.75) is 45.1 Å². The zero-order valence-electron chi connectivity index (χ0n) is 14.7. The largest absolute Gasteiger partial charge is 0.303 e. The topological polar surface area (TPSA) is 51.3 Å². The van der Waals surface area contributed by atoms with Crippen molar-refractivity contribution in [3.63, 3.8) is 0 Å². The van der Waals surface area contributed by atoms with Crippen molar-refractivity contribution in [2.24, 2.45) is 0 Å². The lowest BCUT2D eigenvalue weighted by atomic mass is 9.97. The monoisotopic (exact) mass is 320 g/mol. The summed E-state index contributed by atoms with van der Waals surface area (Å²) < 4.78 is 0. The summed E-state index contributed by atoms with van der Waals surface area (Å²) in [5.41, 5.74) is 0. The molecule has 6 heteroatoms. The van der Waals surface area contributed by atoms with Gasteiger partial charge in [0, 0.05) is 44.7 Å². The standard InChI is InChI=1S/C17H32N6/c1-15(2)23-11-9-21(10-12-23)7-4-8-22-6-3-5-16(13-22)17-18-14-19-20-17/h14-16H,3-13H2,1-2H3,(H,18,19,20). The second kappa shape index (κ2) is 8.22. The molecule has 0 aliphatic carbocycles. The van der Waals surface area contributed by atoms with Crippen LogP contribution in [-0.4, -0.2) is 88.3 Å². The molecule has 0 radical (unpaired) electrons. The number of rotatable bonds is 6. The van der Waals surface area contributed by atoms with E-state index in [2.05, 4.69) is 43.7 Å². The number of aromatic amines is 1. The lowest BCUT2D eigenvalue weighted by Gasteiger charge is -2.37. The van der Waals surface area contributed by atoms with E-state index in [9.17, 15) is 0 Å². The number of nitrogens with one attached hydrogen (secondary N) is 1. The van der Waals surface area contributed by atoms with E-state index in [0.717, 1.165) is 12.4 Å². The maximum Gasteiger partial charge on any atom is 0.137 e. The molecule has 1 unspecified atom stereocenters. The normalized spacial score (nSPS) is 25.3. The van der Waals surface area contributed by atoms with Crippen LogP contribution in [0.2, 0.25) is 0 Å². The number of likely N-dealkylation sites (tertiary alicyclic amines) is 1. The summed E-state index contributed by atoms with van der Waals surface area (Å²) in [6, 6.07) is 0.693. The van der Waals surface area contributed by atoms with Gasteiger partial charge in [-0.3, -0.25) is 10.00 Å². The summed E-state index contributed by atoms with van der Waals surface area (Å²) >= 11 is 0. The van der Waals surface area contributed by atoms with Crippen molar-refractivity contribution in [2.75, 3.05) is 52.4 Å². The van der Waals surface area contributed by atoms with Gasteiger partial charge in [0.2, 0.25) is 0 Å². The van der Waals surface area contributed by atoms with E-state index in [4.69, 9.17) is 0 Å². The van der Waals surface area contributed by atoms with Crippen LogP contribution in [0.15, 0.2) is 6.33 Å². The van der Waals surface area contributed by atoms with E-state index in [0.29, 0.717) is 12.0 Å². The number of aromatic nitrogens is 3. The van der Waals surface area contributed by atoms with Crippen LogP contribution < -0.4 is 0 Å². The van der Waals surface area contributed by atoms with Crippen molar-refractivity contribution < 1.29 is 0 Å².